The van der Waals surface area contributed by atoms with Gasteiger partial charge in [0.05, 0.1) is 5.54 Å². The second kappa shape index (κ2) is 2.83. The van der Waals surface area contributed by atoms with Crippen LogP contribution in [0.2, 0.25) is 0 Å². The van der Waals surface area contributed by atoms with Crippen LogP contribution in [0.25, 0.3) is 0 Å². The van der Waals surface area contributed by atoms with Gasteiger partial charge in [-0.3, -0.25) is 4.79 Å². The second-order valence-electron chi connectivity index (χ2n) is 4.82. The molecule has 14 heavy (non-hydrogen) atoms. The molecule has 3 heteroatoms. The van der Waals surface area contributed by atoms with Crippen LogP contribution in [0.3, 0.4) is 0 Å². The van der Waals surface area contributed by atoms with E-state index in [2.05, 4.69) is 23.7 Å². The Balaban J connectivity index is 2.34. The Kier molecular flexibility index (Phi) is 1.96. The molecule has 0 saturated carbocycles. The lowest BCUT2D eigenvalue weighted by atomic mass is 9.84. The molecule has 0 radical (unpaired) electrons. The minimum absolute atomic E-state index is 0.158. The zero-order valence-electron chi connectivity index (χ0n) is 8.76. The fourth-order valence-corrected chi connectivity index (χ4v) is 3.01. The lowest BCUT2D eigenvalue weighted by Gasteiger charge is -2.23. The molecule has 1 fully saturated rings. The highest BCUT2D eigenvalue weighted by atomic mass is 32.1. The molecule has 2 nitrogen and oxygen atoms in total. The maximum atomic E-state index is 11.7. The summed E-state index contributed by atoms with van der Waals surface area (Å²) in [5.41, 5.74) is -0.395. The van der Waals surface area contributed by atoms with Gasteiger partial charge >= 0.3 is 0 Å². The highest BCUT2D eigenvalue weighted by molar-refractivity contribution is 7.10. The Morgan fingerprint density at radius 1 is 1.43 bits per heavy atom. The van der Waals surface area contributed by atoms with E-state index in [0.29, 0.717) is 0 Å². The Bertz CT molecular complexity index is 355. The average Bonchev–Trinajstić information content (AvgIpc) is 2.59. The van der Waals surface area contributed by atoms with Crippen molar-refractivity contribution in [2.75, 3.05) is 0 Å². The van der Waals surface area contributed by atoms with Gasteiger partial charge in [0.1, 0.15) is 0 Å². The number of carbonyl (C=O) groups is 1. The van der Waals surface area contributed by atoms with Crippen LogP contribution in [0.5, 0.6) is 0 Å². The fraction of sp³-hybridized carbons (Fsp3) is 0.545. The average molecular weight is 209 g/mol. The number of amides is 1. The van der Waals surface area contributed by atoms with E-state index in [1.54, 1.807) is 11.3 Å². The van der Waals surface area contributed by atoms with Gasteiger partial charge in [0, 0.05) is 10.3 Å². The third-order valence-corrected chi connectivity index (χ3v) is 4.00. The van der Waals surface area contributed by atoms with Gasteiger partial charge in [-0.15, -0.1) is 11.3 Å². The fourth-order valence-electron chi connectivity index (χ4n) is 2.17. The Morgan fingerprint density at radius 2 is 2.14 bits per heavy atom. The predicted octanol–water partition coefficient (Wildman–Crippen LogP) is 2.51. The van der Waals surface area contributed by atoms with Gasteiger partial charge in [-0.25, -0.2) is 0 Å². The van der Waals surface area contributed by atoms with Crippen LogP contribution in [0.15, 0.2) is 17.5 Å². The third-order valence-electron chi connectivity index (χ3n) is 2.86. The molecule has 0 aliphatic carbocycles. The molecular formula is C11H15NOS. The zero-order valence-corrected chi connectivity index (χ0v) is 9.57. The first kappa shape index (κ1) is 9.71. The summed E-state index contributed by atoms with van der Waals surface area (Å²) in [4.78, 5) is 12.9. The van der Waals surface area contributed by atoms with Crippen molar-refractivity contribution >= 4 is 17.2 Å². The summed E-state index contributed by atoms with van der Waals surface area (Å²) in [6.45, 7) is 6.11. The summed E-state index contributed by atoms with van der Waals surface area (Å²) in [6, 6.07) is 4.12. The summed E-state index contributed by atoms with van der Waals surface area (Å²) >= 11 is 1.71. The number of hydrogen-bond acceptors (Lipinski definition) is 2. The standard InChI is InChI=1S/C11H15NOS/c1-10(2)7-11(3,12-9(10)13)8-5-4-6-14-8/h4-6H,7H2,1-3H3,(H,12,13). The number of hydrogen-bond donors (Lipinski definition) is 1. The number of rotatable bonds is 1. The van der Waals surface area contributed by atoms with Gasteiger partial charge in [-0.1, -0.05) is 19.9 Å². The molecule has 1 aromatic rings. The number of carbonyl (C=O) groups excluding carboxylic acids is 1. The summed E-state index contributed by atoms with van der Waals surface area (Å²) in [5, 5.41) is 5.15. The van der Waals surface area contributed by atoms with Gasteiger partial charge in [-0.2, -0.15) is 0 Å². The van der Waals surface area contributed by atoms with Crippen molar-refractivity contribution in [1.29, 1.82) is 0 Å². The van der Waals surface area contributed by atoms with E-state index < -0.39 is 0 Å². The molecule has 1 aliphatic heterocycles. The normalized spacial score (nSPS) is 30.4. The summed E-state index contributed by atoms with van der Waals surface area (Å²) in [6.07, 6.45) is 0.874. The molecule has 2 heterocycles. The molecule has 1 saturated heterocycles. The van der Waals surface area contributed by atoms with E-state index in [1.807, 2.05) is 19.9 Å². The Labute approximate surface area is 88.3 Å². The van der Waals surface area contributed by atoms with Gasteiger partial charge < -0.3 is 5.32 Å². The first-order valence-corrected chi connectivity index (χ1v) is 5.69. The van der Waals surface area contributed by atoms with Crippen LogP contribution in [-0.2, 0) is 10.3 Å². The molecule has 2 rings (SSSR count). The van der Waals surface area contributed by atoms with Crippen molar-refractivity contribution in [3.8, 4) is 0 Å². The van der Waals surface area contributed by atoms with Crippen molar-refractivity contribution in [2.45, 2.75) is 32.7 Å². The SMILES string of the molecule is CC1(C)CC(C)(c2cccs2)NC1=O. The molecule has 0 spiro atoms. The molecule has 0 bridgehead atoms. The van der Waals surface area contributed by atoms with Crippen molar-refractivity contribution in [2.24, 2.45) is 5.41 Å². The molecule has 0 aromatic carbocycles. The highest BCUT2D eigenvalue weighted by Gasteiger charge is 2.47. The van der Waals surface area contributed by atoms with Crippen molar-refractivity contribution in [3.05, 3.63) is 22.4 Å². The maximum absolute atomic E-state index is 11.7. The quantitative estimate of drug-likeness (QED) is 0.756. The Morgan fingerprint density at radius 3 is 2.57 bits per heavy atom. The van der Waals surface area contributed by atoms with E-state index in [-0.39, 0.29) is 16.9 Å². The molecule has 1 atom stereocenters. The third kappa shape index (κ3) is 1.36. The monoisotopic (exact) mass is 209 g/mol. The molecule has 1 unspecified atom stereocenters. The first-order chi connectivity index (χ1) is 6.44. The minimum atomic E-state index is -0.237. The van der Waals surface area contributed by atoms with E-state index in [4.69, 9.17) is 0 Å². The van der Waals surface area contributed by atoms with Crippen molar-refractivity contribution < 1.29 is 4.79 Å². The zero-order chi connectivity index (χ0) is 10.4. The molecule has 1 aliphatic rings. The summed E-state index contributed by atoms with van der Waals surface area (Å²) in [7, 11) is 0. The van der Waals surface area contributed by atoms with Gasteiger partial charge in [0.25, 0.3) is 0 Å². The van der Waals surface area contributed by atoms with Crippen LogP contribution in [0, 0.1) is 5.41 Å². The van der Waals surface area contributed by atoms with Crippen LogP contribution >= 0.6 is 11.3 Å². The first-order valence-electron chi connectivity index (χ1n) is 4.81. The van der Waals surface area contributed by atoms with Crippen molar-refractivity contribution in [3.63, 3.8) is 0 Å². The van der Waals surface area contributed by atoms with Gasteiger partial charge in [0.2, 0.25) is 5.91 Å². The number of thiophene rings is 1. The van der Waals surface area contributed by atoms with Crippen molar-refractivity contribution in [1.82, 2.24) is 5.32 Å². The summed E-state index contributed by atoms with van der Waals surface area (Å²) in [5.74, 6) is 0.161. The molecule has 1 aromatic heterocycles. The molecule has 1 N–H and O–H groups in total. The maximum Gasteiger partial charge on any atom is 0.226 e. The van der Waals surface area contributed by atoms with Gasteiger partial charge in [-0.05, 0) is 24.8 Å². The van der Waals surface area contributed by atoms with E-state index in [0.717, 1.165) is 6.42 Å². The Hall–Kier alpha value is -0.830. The highest BCUT2D eigenvalue weighted by Crippen LogP contribution is 2.42. The van der Waals surface area contributed by atoms with E-state index in [9.17, 15) is 4.79 Å². The van der Waals surface area contributed by atoms with Crippen LogP contribution in [0.1, 0.15) is 32.1 Å². The summed E-state index contributed by atoms with van der Waals surface area (Å²) < 4.78 is 0. The van der Waals surface area contributed by atoms with Crippen LogP contribution < -0.4 is 5.32 Å². The predicted molar refractivity (Wildman–Crippen MR) is 58.2 cm³/mol. The topological polar surface area (TPSA) is 29.1 Å². The second-order valence-corrected chi connectivity index (χ2v) is 5.77. The smallest absolute Gasteiger partial charge is 0.226 e. The van der Waals surface area contributed by atoms with E-state index in [1.165, 1.54) is 4.88 Å². The molecule has 1 amide bonds. The van der Waals surface area contributed by atoms with Crippen LogP contribution in [0.4, 0.5) is 0 Å². The van der Waals surface area contributed by atoms with Gasteiger partial charge in [0.15, 0.2) is 0 Å². The lowest BCUT2D eigenvalue weighted by Crippen LogP contribution is -2.35. The molecule has 76 valence electrons. The largest absolute Gasteiger partial charge is 0.346 e. The molecular weight excluding hydrogens is 194 g/mol. The van der Waals surface area contributed by atoms with E-state index >= 15 is 0 Å². The van der Waals surface area contributed by atoms with Crippen LogP contribution in [-0.4, -0.2) is 5.91 Å². The number of nitrogens with one attached hydrogen (secondary N) is 1. The lowest BCUT2D eigenvalue weighted by molar-refractivity contribution is -0.126. The minimum Gasteiger partial charge on any atom is -0.346 e.